The molecule has 2 N–H and O–H groups in total. The van der Waals surface area contributed by atoms with Crippen LogP contribution in [0.25, 0.3) is 0 Å². The molecule has 4 heteroatoms. The number of hydrogen-bond acceptors (Lipinski definition) is 4. The van der Waals surface area contributed by atoms with Gasteiger partial charge in [-0.15, -0.1) is 0 Å². The fourth-order valence-electron chi connectivity index (χ4n) is 0.562. The second-order valence-corrected chi connectivity index (χ2v) is 3.34. The van der Waals surface area contributed by atoms with Crippen molar-refractivity contribution in [3.63, 3.8) is 0 Å². The summed E-state index contributed by atoms with van der Waals surface area (Å²) in [5.41, 5.74) is 5.49. The van der Waals surface area contributed by atoms with Crippen molar-refractivity contribution in [3.05, 3.63) is 0 Å². The Hall–Kier alpha value is -0.220. The van der Waals surface area contributed by atoms with Crippen LogP contribution in [0.2, 0.25) is 0 Å². The van der Waals surface area contributed by atoms with Crippen molar-refractivity contribution in [1.29, 1.82) is 0 Å². The molecule has 0 aliphatic rings. The van der Waals surface area contributed by atoms with Crippen molar-refractivity contribution in [3.8, 4) is 0 Å². The summed E-state index contributed by atoms with van der Waals surface area (Å²) in [5.74, 6) is 1.33. The van der Waals surface area contributed by atoms with E-state index >= 15 is 0 Å². The minimum Gasteiger partial charge on any atom is -0.465 e. The lowest BCUT2D eigenvalue weighted by molar-refractivity contribution is -0.144. The number of hydrogen-bond donors (Lipinski definition) is 1. The molecule has 0 heterocycles. The zero-order valence-electron chi connectivity index (χ0n) is 7.00. The van der Waals surface area contributed by atoms with E-state index in [1.165, 1.54) is 0 Å². The van der Waals surface area contributed by atoms with Gasteiger partial charge in [-0.05, 0) is 12.7 Å². The molecule has 0 amide bonds. The van der Waals surface area contributed by atoms with E-state index in [9.17, 15) is 4.79 Å². The molecule has 0 aromatic rings. The SMILES string of the molecule is CCOC(=O)[C@@H](N)CSCC. The normalized spacial score (nSPS) is 12.6. The number of carbonyl (C=O) groups excluding carboxylic acids is 1. The first-order chi connectivity index (χ1) is 5.22. The molecule has 3 nitrogen and oxygen atoms in total. The predicted octanol–water partition coefficient (Wildman–Crippen LogP) is 0.630. The number of carbonyl (C=O) groups is 1. The maximum atomic E-state index is 10.9. The largest absolute Gasteiger partial charge is 0.465 e. The molecule has 66 valence electrons. The molecule has 11 heavy (non-hydrogen) atoms. The second-order valence-electron chi connectivity index (χ2n) is 2.02. The molecule has 0 fully saturated rings. The van der Waals surface area contributed by atoms with Gasteiger partial charge in [0.25, 0.3) is 0 Å². The molecule has 0 aromatic heterocycles. The van der Waals surface area contributed by atoms with Gasteiger partial charge in [0, 0.05) is 5.75 Å². The van der Waals surface area contributed by atoms with Crippen molar-refractivity contribution in [1.82, 2.24) is 0 Å². The molecule has 0 radical (unpaired) electrons. The van der Waals surface area contributed by atoms with Crippen LogP contribution in [0.15, 0.2) is 0 Å². The summed E-state index contributed by atoms with van der Waals surface area (Å²) >= 11 is 1.64. The summed E-state index contributed by atoms with van der Waals surface area (Å²) in [5, 5.41) is 0. The molecule has 0 aromatic carbocycles. The number of nitrogens with two attached hydrogens (primary N) is 1. The van der Waals surface area contributed by atoms with Gasteiger partial charge in [0.1, 0.15) is 6.04 Å². The molecule has 0 bridgehead atoms. The minimum atomic E-state index is -0.458. The summed E-state index contributed by atoms with van der Waals surface area (Å²) in [6, 6.07) is -0.458. The topological polar surface area (TPSA) is 52.3 Å². The van der Waals surface area contributed by atoms with Gasteiger partial charge in [0.05, 0.1) is 6.61 Å². The van der Waals surface area contributed by atoms with Crippen LogP contribution in [-0.4, -0.2) is 30.1 Å². The molecule has 1 atom stereocenters. The van der Waals surface area contributed by atoms with Gasteiger partial charge in [-0.2, -0.15) is 11.8 Å². The first kappa shape index (κ1) is 10.8. The third-order valence-corrected chi connectivity index (χ3v) is 2.09. The lowest BCUT2D eigenvalue weighted by Crippen LogP contribution is -2.34. The van der Waals surface area contributed by atoms with Gasteiger partial charge in [-0.25, -0.2) is 0 Å². The van der Waals surface area contributed by atoms with Crippen molar-refractivity contribution in [2.45, 2.75) is 19.9 Å². The number of esters is 1. The average molecular weight is 177 g/mol. The average Bonchev–Trinajstić information content (AvgIpc) is 2.00. The monoisotopic (exact) mass is 177 g/mol. The van der Waals surface area contributed by atoms with Crippen LogP contribution in [0.1, 0.15) is 13.8 Å². The number of ether oxygens (including phenoxy) is 1. The van der Waals surface area contributed by atoms with E-state index in [0.717, 1.165) is 5.75 Å². The van der Waals surface area contributed by atoms with Crippen LogP contribution >= 0.6 is 11.8 Å². The molecular weight excluding hydrogens is 162 g/mol. The molecule has 0 saturated carbocycles. The predicted molar refractivity (Wildman–Crippen MR) is 47.6 cm³/mol. The lowest BCUT2D eigenvalue weighted by atomic mass is 10.4. The summed E-state index contributed by atoms with van der Waals surface area (Å²) < 4.78 is 4.72. The van der Waals surface area contributed by atoms with Crippen molar-refractivity contribution in [2.24, 2.45) is 5.73 Å². The van der Waals surface area contributed by atoms with Crippen molar-refractivity contribution >= 4 is 17.7 Å². The van der Waals surface area contributed by atoms with Crippen molar-refractivity contribution in [2.75, 3.05) is 18.1 Å². The Labute approximate surface area is 71.7 Å². The summed E-state index contributed by atoms with van der Waals surface area (Å²) in [6.45, 7) is 4.21. The third-order valence-electron chi connectivity index (χ3n) is 1.09. The first-order valence-corrected chi connectivity index (χ1v) is 4.87. The standard InChI is InChI=1S/C7H15NO2S/c1-3-10-7(9)6(8)5-11-4-2/h6H,3-5,8H2,1-2H3/t6-/m0/s1. The molecule has 0 rings (SSSR count). The second kappa shape index (κ2) is 6.49. The fourth-order valence-corrected chi connectivity index (χ4v) is 1.19. The number of rotatable bonds is 5. The van der Waals surface area contributed by atoms with Gasteiger partial charge in [0.15, 0.2) is 0 Å². The number of thioether (sulfide) groups is 1. The highest BCUT2D eigenvalue weighted by Gasteiger charge is 2.12. The van der Waals surface area contributed by atoms with E-state index in [2.05, 4.69) is 0 Å². The third kappa shape index (κ3) is 5.09. The minimum absolute atomic E-state index is 0.298. The van der Waals surface area contributed by atoms with E-state index < -0.39 is 6.04 Å². The maximum absolute atomic E-state index is 10.9. The molecule has 0 spiro atoms. The molecule has 0 aliphatic heterocycles. The highest BCUT2D eigenvalue weighted by molar-refractivity contribution is 7.99. The Morgan fingerprint density at radius 3 is 2.73 bits per heavy atom. The molecule has 0 aliphatic carbocycles. The Morgan fingerprint density at radius 1 is 1.64 bits per heavy atom. The maximum Gasteiger partial charge on any atom is 0.323 e. The van der Waals surface area contributed by atoms with Crippen LogP contribution in [-0.2, 0) is 9.53 Å². The smallest absolute Gasteiger partial charge is 0.323 e. The van der Waals surface area contributed by atoms with E-state index in [0.29, 0.717) is 12.4 Å². The van der Waals surface area contributed by atoms with Crippen LogP contribution in [0.4, 0.5) is 0 Å². The lowest BCUT2D eigenvalue weighted by Gasteiger charge is -2.08. The molecule has 0 saturated heterocycles. The van der Waals surface area contributed by atoms with Gasteiger partial charge < -0.3 is 10.5 Å². The van der Waals surface area contributed by atoms with E-state index in [4.69, 9.17) is 10.5 Å². The van der Waals surface area contributed by atoms with E-state index in [1.54, 1.807) is 18.7 Å². The fraction of sp³-hybridized carbons (Fsp3) is 0.857. The molecular formula is C7H15NO2S. The zero-order valence-corrected chi connectivity index (χ0v) is 7.82. The Bertz CT molecular complexity index is 119. The van der Waals surface area contributed by atoms with Gasteiger partial charge >= 0.3 is 5.97 Å². The van der Waals surface area contributed by atoms with Crippen LogP contribution in [0, 0.1) is 0 Å². The van der Waals surface area contributed by atoms with Crippen LogP contribution < -0.4 is 5.73 Å². The Morgan fingerprint density at radius 2 is 2.27 bits per heavy atom. The van der Waals surface area contributed by atoms with Gasteiger partial charge in [-0.1, -0.05) is 6.92 Å². The zero-order chi connectivity index (χ0) is 8.69. The molecule has 0 unspecified atom stereocenters. The van der Waals surface area contributed by atoms with Gasteiger partial charge in [0.2, 0.25) is 0 Å². The Kier molecular flexibility index (Phi) is 6.36. The quantitative estimate of drug-likeness (QED) is 0.626. The Balaban J connectivity index is 3.46. The highest BCUT2D eigenvalue weighted by Crippen LogP contribution is 2.01. The van der Waals surface area contributed by atoms with Crippen molar-refractivity contribution < 1.29 is 9.53 Å². The highest BCUT2D eigenvalue weighted by atomic mass is 32.2. The van der Waals surface area contributed by atoms with Gasteiger partial charge in [-0.3, -0.25) is 4.79 Å². The van der Waals surface area contributed by atoms with E-state index in [1.807, 2.05) is 6.92 Å². The summed E-state index contributed by atoms with van der Waals surface area (Å²) in [6.07, 6.45) is 0. The summed E-state index contributed by atoms with van der Waals surface area (Å²) in [7, 11) is 0. The first-order valence-electron chi connectivity index (χ1n) is 3.72. The van der Waals surface area contributed by atoms with E-state index in [-0.39, 0.29) is 5.97 Å². The van der Waals surface area contributed by atoms with Crippen LogP contribution in [0.3, 0.4) is 0 Å². The van der Waals surface area contributed by atoms with Crippen LogP contribution in [0.5, 0.6) is 0 Å². The summed E-state index contributed by atoms with van der Waals surface area (Å²) in [4.78, 5) is 10.9.